The fourth-order valence-corrected chi connectivity index (χ4v) is 2.16. The van der Waals surface area contributed by atoms with Crippen molar-refractivity contribution in [1.29, 1.82) is 0 Å². The number of hydrogen-bond donors (Lipinski definition) is 1. The van der Waals surface area contributed by atoms with Gasteiger partial charge in [-0.3, -0.25) is 9.78 Å². The third kappa shape index (κ3) is 2.88. The predicted molar refractivity (Wildman–Crippen MR) is 70.3 cm³/mol. The van der Waals surface area contributed by atoms with Crippen LogP contribution in [0.2, 0.25) is 0 Å². The first-order valence-corrected chi connectivity index (χ1v) is 6.71. The first-order chi connectivity index (χ1) is 8.58. The third-order valence-corrected chi connectivity index (χ3v) is 3.59. The SMILES string of the molecule is Cn1c(SCC(=O)O)nnc1-c1ccc(Br)cn1. The highest BCUT2D eigenvalue weighted by molar-refractivity contribution is 9.10. The molecular weight excluding hydrogens is 320 g/mol. The zero-order chi connectivity index (χ0) is 13.1. The van der Waals surface area contributed by atoms with Gasteiger partial charge < -0.3 is 9.67 Å². The summed E-state index contributed by atoms with van der Waals surface area (Å²) in [5.74, 6) is -0.318. The highest BCUT2D eigenvalue weighted by Crippen LogP contribution is 2.21. The van der Waals surface area contributed by atoms with Gasteiger partial charge in [-0.2, -0.15) is 0 Å². The van der Waals surface area contributed by atoms with Crippen molar-refractivity contribution in [1.82, 2.24) is 19.7 Å². The van der Waals surface area contributed by atoms with Crippen molar-refractivity contribution in [2.24, 2.45) is 7.05 Å². The molecule has 0 fully saturated rings. The molecule has 0 aliphatic rings. The van der Waals surface area contributed by atoms with Gasteiger partial charge in [0.25, 0.3) is 0 Å². The van der Waals surface area contributed by atoms with Crippen LogP contribution in [0.25, 0.3) is 11.5 Å². The van der Waals surface area contributed by atoms with Crippen LogP contribution in [0.5, 0.6) is 0 Å². The molecule has 0 aliphatic carbocycles. The molecule has 2 heterocycles. The Bertz CT molecular complexity index is 570. The number of carboxylic acids is 1. The van der Waals surface area contributed by atoms with Crippen molar-refractivity contribution in [2.45, 2.75) is 5.16 Å². The number of halogens is 1. The second-order valence-corrected chi connectivity index (χ2v) is 5.27. The maximum Gasteiger partial charge on any atom is 0.313 e. The number of nitrogens with zero attached hydrogens (tertiary/aromatic N) is 4. The Hall–Kier alpha value is -1.41. The summed E-state index contributed by atoms with van der Waals surface area (Å²) in [7, 11) is 1.78. The highest BCUT2D eigenvalue weighted by atomic mass is 79.9. The highest BCUT2D eigenvalue weighted by Gasteiger charge is 2.13. The number of rotatable bonds is 4. The standard InChI is InChI=1S/C10H9BrN4O2S/c1-15-9(7-3-2-6(11)4-12-7)13-14-10(15)18-5-8(16)17/h2-4H,5H2,1H3,(H,16,17). The van der Waals surface area contributed by atoms with E-state index in [2.05, 4.69) is 31.1 Å². The van der Waals surface area contributed by atoms with E-state index in [0.717, 1.165) is 16.2 Å². The maximum atomic E-state index is 10.5. The molecule has 8 heteroatoms. The van der Waals surface area contributed by atoms with Crippen molar-refractivity contribution in [3.05, 3.63) is 22.8 Å². The molecule has 0 bridgehead atoms. The summed E-state index contributed by atoms with van der Waals surface area (Å²) in [6.07, 6.45) is 1.67. The van der Waals surface area contributed by atoms with E-state index < -0.39 is 5.97 Å². The largest absolute Gasteiger partial charge is 0.481 e. The van der Waals surface area contributed by atoms with Crippen LogP contribution in [0.3, 0.4) is 0 Å². The van der Waals surface area contributed by atoms with Gasteiger partial charge in [-0.25, -0.2) is 0 Å². The number of aliphatic carboxylic acids is 1. The lowest BCUT2D eigenvalue weighted by molar-refractivity contribution is -0.133. The zero-order valence-electron chi connectivity index (χ0n) is 9.37. The molecule has 2 aromatic rings. The maximum absolute atomic E-state index is 10.5. The van der Waals surface area contributed by atoms with Gasteiger partial charge in [0, 0.05) is 17.7 Å². The first kappa shape index (κ1) is 13.0. The van der Waals surface area contributed by atoms with E-state index in [1.807, 2.05) is 12.1 Å². The van der Waals surface area contributed by atoms with E-state index in [1.54, 1.807) is 17.8 Å². The molecule has 18 heavy (non-hydrogen) atoms. The lowest BCUT2D eigenvalue weighted by Gasteiger charge is -2.02. The van der Waals surface area contributed by atoms with Crippen molar-refractivity contribution < 1.29 is 9.90 Å². The van der Waals surface area contributed by atoms with E-state index >= 15 is 0 Å². The van der Waals surface area contributed by atoms with Crippen molar-refractivity contribution in [2.75, 3.05) is 5.75 Å². The quantitative estimate of drug-likeness (QED) is 0.862. The van der Waals surface area contributed by atoms with E-state index in [4.69, 9.17) is 5.11 Å². The summed E-state index contributed by atoms with van der Waals surface area (Å²) < 4.78 is 2.61. The molecule has 1 N–H and O–H groups in total. The number of carboxylic acid groups (broad SMARTS) is 1. The van der Waals surface area contributed by atoms with Crippen LogP contribution in [0, 0.1) is 0 Å². The zero-order valence-corrected chi connectivity index (χ0v) is 11.8. The number of carbonyl (C=O) groups is 1. The Kier molecular flexibility index (Phi) is 3.97. The van der Waals surface area contributed by atoms with Crippen LogP contribution in [0.15, 0.2) is 28.0 Å². The number of thioether (sulfide) groups is 1. The molecule has 0 saturated heterocycles. The molecule has 0 unspecified atom stereocenters. The lowest BCUT2D eigenvalue weighted by Crippen LogP contribution is -2.01. The monoisotopic (exact) mass is 328 g/mol. The smallest absolute Gasteiger partial charge is 0.313 e. The van der Waals surface area contributed by atoms with Gasteiger partial charge in [0.05, 0.1) is 5.75 Å². The average molecular weight is 329 g/mol. The summed E-state index contributed by atoms with van der Waals surface area (Å²) >= 11 is 4.43. The lowest BCUT2D eigenvalue weighted by atomic mass is 10.3. The predicted octanol–water partition coefficient (Wildman–Crippen LogP) is 1.82. The number of aromatic nitrogens is 4. The van der Waals surface area contributed by atoms with Crippen LogP contribution in [0.4, 0.5) is 0 Å². The van der Waals surface area contributed by atoms with Crippen LogP contribution in [-0.4, -0.2) is 36.6 Å². The van der Waals surface area contributed by atoms with Crippen LogP contribution in [0.1, 0.15) is 0 Å². The second-order valence-electron chi connectivity index (χ2n) is 3.41. The molecular formula is C10H9BrN4O2S. The van der Waals surface area contributed by atoms with Gasteiger partial charge in [0.1, 0.15) is 5.69 Å². The third-order valence-electron chi connectivity index (χ3n) is 2.12. The normalized spacial score (nSPS) is 10.6. The van der Waals surface area contributed by atoms with E-state index in [9.17, 15) is 4.79 Å². The molecule has 0 atom stereocenters. The van der Waals surface area contributed by atoms with Gasteiger partial charge in [-0.05, 0) is 28.1 Å². The Morgan fingerprint density at radius 1 is 1.50 bits per heavy atom. The first-order valence-electron chi connectivity index (χ1n) is 4.94. The Labute approximate surface area is 116 Å². The Morgan fingerprint density at radius 2 is 2.28 bits per heavy atom. The summed E-state index contributed by atoms with van der Waals surface area (Å²) in [5.41, 5.74) is 0.690. The molecule has 0 aromatic carbocycles. The van der Waals surface area contributed by atoms with Gasteiger partial charge in [0.2, 0.25) is 0 Å². The molecule has 0 spiro atoms. The minimum Gasteiger partial charge on any atom is -0.481 e. The molecule has 0 saturated carbocycles. The Morgan fingerprint density at radius 3 is 2.89 bits per heavy atom. The molecule has 0 radical (unpaired) electrons. The summed E-state index contributed by atoms with van der Waals surface area (Å²) in [5, 5.41) is 17.1. The van der Waals surface area contributed by atoms with Crippen molar-refractivity contribution >= 4 is 33.7 Å². The van der Waals surface area contributed by atoms with Gasteiger partial charge >= 0.3 is 5.97 Å². The topological polar surface area (TPSA) is 80.9 Å². The van der Waals surface area contributed by atoms with Crippen LogP contribution in [-0.2, 0) is 11.8 Å². The minimum absolute atomic E-state index is 0.0419. The van der Waals surface area contributed by atoms with Gasteiger partial charge in [-0.15, -0.1) is 10.2 Å². The summed E-state index contributed by atoms with van der Waals surface area (Å²) in [6.45, 7) is 0. The van der Waals surface area contributed by atoms with E-state index in [-0.39, 0.29) is 5.75 Å². The molecule has 94 valence electrons. The number of pyridine rings is 1. The fraction of sp³-hybridized carbons (Fsp3) is 0.200. The van der Waals surface area contributed by atoms with Crippen molar-refractivity contribution in [3.63, 3.8) is 0 Å². The molecule has 0 aliphatic heterocycles. The fourth-order valence-electron chi connectivity index (χ4n) is 1.30. The molecule has 6 nitrogen and oxygen atoms in total. The second kappa shape index (κ2) is 5.49. The van der Waals surface area contributed by atoms with Gasteiger partial charge in [0.15, 0.2) is 11.0 Å². The summed E-state index contributed by atoms with van der Waals surface area (Å²) in [4.78, 5) is 14.7. The average Bonchev–Trinajstić information content (AvgIpc) is 2.69. The molecule has 2 rings (SSSR count). The summed E-state index contributed by atoms with van der Waals surface area (Å²) in [6, 6.07) is 3.68. The minimum atomic E-state index is -0.883. The van der Waals surface area contributed by atoms with Crippen molar-refractivity contribution in [3.8, 4) is 11.5 Å². The molecule has 2 aromatic heterocycles. The molecule has 0 amide bonds. The van der Waals surface area contributed by atoms with Gasteiger partial charge in [-0.1, -0.05) is 11.8 Å². The van der Waals surface area contributed by atoms with Crippen LogP contribution < -0.4 is 0 Å². The van der Waals surface area contributed by atoms with E-state index in [0.29, 0.717) is 16.7 Å². The Balaban J connectivity index is 2.25. The van der Waals surface area contributed by atoms with E-state index in [1.165, 1.54) is 0 Å². The van der Waals surface area contributed by atoms with Crippen LogP contribution >= 0.6 is 27.7 Å². The number of hydrogen-bond acceptors (Lipinski definition) is 5.